The Labute approximate surface area is 80.4 Å². The zero-order valence-corrected chi connectivity index (χ0v) is 7.90. The van der Waals surface area contributed by atoms with Crippen molar-refractivity contribution in [2.24, 2.45) is 0 Å². The number of aliphatic hydroxyl groups is 4. The van der Waals surface area contributed by atoms with Crippen molar-refractivity contribution in [3.63, 3.8) is 0 Å². The lowest BCUT2D eigenvalue weighted by Gasteiger charge is -2.13. The highest BCUT2D eigenvalue weighted by molar-refractivity contribution is 7.99. The first kappa shape index (κ1) is 12.9. The Balaban J connectivity index is 3.69. The second-order valence-electron chi connectivity index (χ2n) is 2.44. The van der Waals surface area contributed by atoms with Crippen LogP contribution >= 0.6 is 11.8 Å². The number of rotatable bonds is 7. The number of hydrogen-bond donors (Lipinski definition) is 4. The minimum atomic E-state index is -1.53. The van der Waals surface area contributed by atoms with Gasteiger partial charge in [0, 0.05) is 5.75 Å². The molecule has 0 rings (SSSR count). The van der Waals surface area contributed by atoms with E-state index in [2.05, 4.69) is 0 Å². The van der Waals surface area contributed by atoms with E-state index in [0.717, 1.165) is 0 Å². The molecular formula is C7H14O5S. The van der Waals surface area contributed by atoms with Crippen LogP contribution in [0.1, 0.15) is 0 Å². The maximum atomic E-state index is 11.0. The number of carbonyl (C=O) groups is 1. The third kappa shape index (κ3) is 5.22. The number of carbonyl (C=O) groups excluding carboxylic acids is 1. The summed E-state index contributed by atoms with van der Waals surface area (Å²) in [6.45, 7) is -0.672. The van der Waals surface area contributed by atoms with E-state index in [4.69, 9.17) is 20.4 Å². The highest BCUT2D eigenvalue weighted by atomic mass is 32.2. The average molecular weight is 210 g/mol. The van der Waals surface area contributed by atoms with Crippen LogP contribution in [-0.2, 0) is 4.79 Å². The van der Waals surface area contributed by atoms with Crippen LogP contribution in [0.3, 0.4) is 0 Å². The molecule has 0 aromatic rings. The molecule has 13 heavy (non-hydrogen) atoms. The van der Waals surface area contributed by atoms with Crippen LogP contribution in [0.5, 0.6) is 0 Å². The second-order valence-corrected chi connectivity index (χ2v) is 3.54. The molecule has 0 aliphatic carbocycles. The molecule has 0 radical (unpaired) electrons. The highest BCUT2D eigenvalue weighted by Gasteiger charge is 2.22. The Morgan fingerprint density at radius 2 is 1.92 bits per heavy atom. The van der Waals surface area contributed by atoms with Crippen molar-refractivity contribution in [2.75, 3.05) is 24.7 Å². The van der Waals surface area contributed by atoms with E-state index in [0.29, 0.717) is 5.75 Å². The molecule has 78 valence electrons. The zero-order chi connectivity index (χ0) is 10.3. The summed E-state index contributed by atoms with van der Waals surface area (Å²) in [5, 5.41) is 34.7. The summed E-state index contributed by atoms with van der Waals surface area (Å²) in [5.41, 5.74) is 0. The van der Waals surface area contributed by atoms with Crippen molar-refractivity contribution < 1.29 is 25.2 Å². The molecular weight excluding hydrogens is 196 g/mol. The van der Waals surface area contributed by atoms with Crippen LogP contribution in [0.15, 0.2) is 0 Å². The van der Waals surface area contributed by atoms with E-state index < -0.39 is 24.6 Å². The molecule has 0 heterocycles. The highest BCUT2D eigenvalue weighted by Crippen LogP contribution is 2.03. The monoisotopic (exact) mass is 210 g/mol. The predicted octanol–water partition coefficient (Wildman–Crippen LogP) is -2.00. The number of thioether (sulfide) groups is 1. The maximum Gasteiger partial charge on any atom is 0.173 e. The summed E-state index contributed by atoms with van der Waals surface area (Å²) >= 11 is 1.17. The lowest BCUT2D eigenvalue weighted by molar-refractivity contribution is -0.131. The van der Waals surface area contributed by atoms with Gasteiger partial charge in [-0.3, -0.25) is 4.79 Å². The molecule has 0 saturated heterocycles. The van der Waals surface area contributed by atoms with Gasteiger partial charge in [0.05, 0.1) is 19.0 Å². The fourth-order valence-corrected chi connectivity index (χ4v) is 1.28. The number of Topliss-reactive ketones (excluding diaryl/α,β-unsaturated/α-hetero) is 1. The fraction of sp³-hybridized carbons (Fsp3) is 0.857. The molecule has 0 amide bonds. The molecule has 0 bridgehead atoms. The Morgan fingerprint density at radius 1 is 1.31 bits per heavy atom. The molecule has 5 nitrogen and oxygen atoms in total. The third-order valence-electron chi connectivity index (χ3n) is 1.36. The third-order valence-corrected chi connectivity index (χ3v) is 2.32. The van der Waals surface area contributed by atoms with Crippen molar-refractivity contribution in [1.29, 1.82) is 0 Å². The van der Waals surface area contributed by atoms with E-state index in [1.54, 1.807) is 0 Å². The Kier molecular flexibility index (Phi) is 7.20. The lowest BCUT2D eigenvalue weighted by Crippen LogP contribution is -2.37. The zero-order valence-electron chi connectivity index (χ0n) is 7.09. The quantitative estimate of drug-likeness (QED) is 0.363. The SMILES string of the molecule is O=C(CSCCO)[C@@H](O)[C@@H](O)CO. The molecule has 0 aromatic heterocycles. The molecule has 0 aliphatic rings. The van der Waals surface area contributed by atoms with Crippen molar-refractivity contribution in [2.45, 2.75) is 12.2 Å². The van der Waals surface area contributed by atoms with Crippen molar-refractivity contribution >= 4 is 17.5 Å². The van der Waals surface area contributed by atoms with Gasteiger partial charge in [-0.15, -0.1) is 0 Å². The van der Waals surface area contributed by atoms with Crippen LogP contribution in [0.4, 0.5) is 0 Å². The normalized spacial score (nSPS) is 15.4. The molecule has 0 aliphatic heterocycles. The standard InChI is InChI=1S/C7H14O5S/c8-1-2-13-4-6(11)7(12)5(10)3-9/h5,7-10,12H,1-4H2/t5-,7-/m0/s1. The summed E-state index contributed by atoms with van der Waals surface area (Å²) in [5.74, 6) is -0.105. The van der Waals surface area contributed by atoms with E-state index >= 15 is 0 Å². The molecule has 2 atom stereocenters. The minimum Gasteiger partial charge on any atom is -0.396 e. The molecule has 0 spiro atoms. The first-order valence-electron chi connectivity index (χ1n) is 3.81. The summed E-state index contributed by atoms with van der Waals surface area (Å²) in [4.78, 5) is 11.0. The Bertz CT molecular complexity index is 152. The van der Waals surface area contributed by atoms with Gasteiger partial charge in [-0.25, -0.2) is 0 Å². The number of aliphatic hydroxyl groups excluding tert-OH is 4. The van der Waals surface area contributed by atoms with Gasteiger partial charge in [0.25, 0.3) is 0 Å². The van der Waals surface area contributed by atoms with Gasteiger partial charge in [0.2, 0.25) is 0 Å². The second kappa shape index (κ2) is 7.28. The number of ketones is 1. The number of hydrogen-bond acceptors (Lipinski definition) is 6. The minimum absolute atomic E-state index is 0.0266. The molecule has 0 aromatic carbocycles. The maximum absolute atomic E-state index is 11.0. The summed E-state index contributed by atoms with van der Waals surface area (Å²) < 4.78 is 0. The van der Waals surface area contributed by atoms with Crippen LogP contribution in [0.25, 0.3) is 0 Å². The van der Waals surface area contributed by atoms with Gasteiger partial charge < -0.3 is 20.4 Å². The van der Waals surface area contributed by atoms with Gasteiger partial charge in [-0.05, 0) is 0 Å². The largest absolute Gasteiger partial charge is 0.396 e. The van der Waals surface area contributed by atoms with E-state index in [1.165, 1.54) is 11.8 Å². The molecule has 0 saturated carbocycles. The Morgan fingerprint density at radius 3 is 2.38 bits per heavy atom. The first-order chi connectivity index (χ1) is 6.13. The topological polar surface area (TPSA) is 98.0 Å². The van der Waals surface area contributed by atoms with Crippen molar-refractivity contribution in [3.8, 4) is 0 Å². The van der Waals surface area contributed by atoms with Gasteiger partial charge >= 0.3 is 0 Å². The Hall–Kier alpha value is -0.140. The summed E-state index contributed by atoms with van der Waals surface area (Å²) in [6.07, 6.45) is -2.95. The lowest BCUT2D eigenvalue weighted by atomic mass is 10.1. The van der Waals surface area contributed by atoms with Crippen LogP contribution in [0.2, 0.25) is 0 Å². The van der Waals surface area contributed by atoms with Gasteiger partial charge in [0.15, 0.2) is 5.78 Å². The molecule has 6 heteroatoms. The molecule has 4 N–H and O–H groups in total. The predicted molar refractivity (Wildman–Crippen MR) is 48.5 cm³/mol. The van der Waals surface area contributed by atoms with Crippen molar-refractivity contribution in [1.82, 2.24) is 0 Å². The van der Waals surface area contributed by atoms with E-state index in [1.807, 2.05) is 0 Å². The van der Waals surface area contributed by atoms with Gasteiger partial charge in [-0.2, -0.15) is 11.8 Å². The first-order valence-corrected chi connectivity index (χ1v) is 4.97. The summed E-state index contributed by atoms with van der Waals surface area (Å²) in [6, 6.07) is 0. The van der Waals surface area contributed by atoms with Crippen LogP contribution < -0.4 is 0 Å². The fourth-order valence-electron chi connectivity index (χ4n) is 0.637. The average Bonchev–Trinajstić information content (AvgIpc) is 2.15. The van der Waals surface area contributed by atoms with E-state index in [9.17, 15) is 4.79 Å². The van der Waals surface area contributed by atoms with Crippen LogP contribution in [0, 0.1) is 0 Å². The van der Waals surface area contributed by atoms with Crippen molar-refractivity contribution in [3.05, 3.63) is 0 Å². The van der Waals surface area contributed by atoms with E-state index in [-0.39, 0.29) is 12.4 Å². The molecule has 0 unspecified atom stereocenters. The smallest absolute Gasteiger partial charge is 0.173 e. The van der Waals surface area contributed by atoms with Gasteiger partial charge in [0.1, 0.15) is 12.2 Å². The molecule has 0 fully saturated rings. The summed E-state index contributed by atoms with van der Waals surface area (Å²) in [7, 11) is 0. The van der Waals surface area contributed by atoms with Crippen LogP contribution in [-0.4, -0.2) is 63.1 Å². The van der Waals surface area contributed by atoms with Gasteiger partial charge in [-0.1, -0.05) is 0 Å².